The predicted octanol–water partition coefficient (Wildman–Crippen LogP) is 4.10. The third kappa shape index (κ3) is 4.45. The third-order valence-electron chi connectivity index (χ3n) is 4.61. The van der Waals surface area contributed by atoms with Gasteiger partial charge in [-0.1, -0.05) is 19.3 Å². The molecule has 0 bridgehead atoms. The summed E-state index contributed by atoms with van der Waals surface area (Å²) in [6.07, 6.45) is 7.99. The highest BCUT2D eigenvalue weighted by Gasteiger charge is 2.14. The summed E-state index contributed by atoms with van der Waals surface area (Å²) in [6, 6.07) is 9.39. The molecule has 6 heteroatoms. The van der Waals surface area contributed by atoms with E-state index < -0.39 is 0 Å². The molecule has 2 N–H and O–H groups in total. The molecular weight excluding hydrogens is 330 g/mol. The van der Waals surface area contributed by atoms with Crippen LogP contribution in [0.25, 0.3) is 0 Å². The first-order valence-corrected chi connectivity index (χ1v) is 8.95. The Morgan fingerprint density at radius 3 is 2.38 bits per heavy atom. The Hall–Kier alpha value is -2.76. The number of methoxy groups -OCH3 is 2. The Labute approximate surface area is 153 Å². The van der Waals surface area contributed by atoms with E-state index in [4.69, 9.17) is 9.47 Å². The van der Waals surface area contributed by atoms with Gasteiger partial charge in [0, 0.05) is 17.8 Å². The Bertz CT molecular complexity index is 740. The van der Waals surface area contributed by atoms with Gasteiger partial charge in [0.15, 0.2) is 11.5 Å². The summed E-state index contributed by atoms with van der Waals surface area (Å²) in [5, 5.41) is 6.33. The molecule has 1 aromatic carbocycles. The van der Waals surface area contributed by atoms with Gasteiger partial charge >= 0.3 is 0 Å². The quantitative estimate of drug-likeness (QED) is 0.816. The molecule has 0 aliphatic heterocycles. The Morgan fingerprint density at radius 2 is 1.73 bits per heavy atom. The van der Waals surface area contributed by atoms with Gasteiger partial charge in [-0.05, 0) is 37.1 Å². The zero-order valence-electron chi connectivity index (χ0n) is 15.2. The van der Waals surface area contributed by atoms with Crippen LogP contribution < -0.4 is 20.1 Å². The minimum absolute atomic E-state index is 0.263. The number of carbonyl (C=O) groups excluding carboxylic acids is 1. The molecule has 1 saturated carbocycles. The fraction of sp³-hybridized carbons (Fsp3) is 0.400. The first-order chi connectivity index (χ1) is 12.7. The van der Waals surface area contributed by atoms with Crippen molar-refractivity contribution in [3.8, 4) is 11.5 Å². The number of hydrogen-bond donors (Lipinski definition) is 2. The van der Waals surface area contributed by atoms with Crippen molar-refractivity contribution in [2.45, 2.75) is 38.1 Å². The topological polar surface area (TPSA) is 72.5 Å². The minimum atomic E-state index is -0.263. The zero-order chi connectivity index (χ0) is 18.4. The molecule has 1 aromatic heterocycles. The maximum Gasteiger partial charge on any atom is 0.274 e. The maximum atomic E-state index is 12.4. The molecule has 1 aliphatic carbocycles. The number of rotatable bonds is 6. The highest BCUT2D eigenvalue weighted by molar-refractivity contribution is 6.03. The van der Waals surface area contributed by atoms with Crippen LogP contribution in [0.3, 0.4) is 0 Å². The van der Waals surface area contributed by atoms with Gasteiger partial charge in [0.2, 0.25) is 0 Å². The number of benzene rings is 1. The normalized spacial score (nSPS) is 14.5. The van der Waals surface area contributed by atoms with Gasteiger partial charge in [-0.15, -0.1) is 0 Å². The minimum Gasteiger partial charge on any atom is -0.493 e. The van der Waals surface area contributed by atoms with Gasteiger partial charge in [0.25, 0.3) is 5.91 Å². The Kier molecular flexibility index (Phi) is 5.94. The number of hydrogen-bond acceptors (Lipinski definition) is 5. The monoisotopic (exact) mass is 355 g/mol. The number of pyridine rings is 1. The average molecular weight is 355 g/mol. The van der Waals surface area contributed by atoms with Crippen molar-refractivity contribution in [1.29, 1.82) is 0 Å². The number of amides is 1. The molecule has 0 atom stereocenters. The summed E-state index contributed by atoms with van der Waals surface area (Å²) < 4.78 is 10.5. The van der Waals surface area contributed by atoms with Crippen LogP contribution in [-0.4, -0.2) is 31.2 Å². The van der Waals surface area contributed by atoms with Crippen LogP contribution in [0.1, 0.15) is 42.6 Å². The fourth-order valence-corrected chi connectivity index (χ4v) is 3.21. The van der Waals surface area contributed by atoms with Crippen molar-refractivity contribution in [2.75, 3.05) is 24.9 Å². The first kappa shape index (κ1) is 18.0. The van der Waals surface area contributed by atoms with Gasteiger partial charge in [-0.2, -0.15) is 0 Å². The number of ether oxygens (including phenoxy) is 2. The lowest BCUT2D eigenvalue weighted by Gasteiger charge is -2.23. The second-order valence-corrected chi connectivity index (χ2v) is 6.44. The van der Waals surface area contributed by atoms with E-state index in [1.807, 2.05) is 6.07 Å². The van der Waals surface area contributed by atoms with Crippen LogP contribution in [0, 0.1) is 0 Å². The highest BCUT2D eigenvalue weighted by Crippen LogP contribution is 2.30. The molecule has 26 heavy (non-hydrogen) atoms. The molecule has 0 saturated heterocycles. The number of anilines is 2. The maximum absolute atomic E-state index is 12.4. The van der Waals surface area contributed by atoms with Crippen LogP contribution in [0.15, 0.2) is 36.5 Å². The van der Waals surface area contributed by atoms with Crippen LogP contribution in [0.2, 0.25) is 0 Å². The summed E-state index contributed by atoms with van der Waals surface area (Å²) in [4.78, 5) is 16.7. The predicted molar refractivity (Wildman–Crippen MR) is 102 cm³/mol. The van der Waals surface area contributed by atoms with Crippen LogP contribution in [-0.2, 0) is 0 Å². The van der Waals surface area contributed by atoms with E-state index in [1.54, 1.807) is 44.7 Å². The van der Waals surface area contributed by atoms with Gasteiger partial charge in [0.05, 0.1) is 26.1 Å². The van der Waals surface area contributed by atoms with Crippen molar-refractivity contribution in [2.24, 2.45) is 0 Å². The molecule has 2 aromatic rings. The zero-order valence-corrected chi connectivity index (χ0v) is 15.2. The molecule has 1 heterocycles. The Balaban J connectivity index is 1.62. The van der Waals surface area contributed by atoms with Crippen LogP contribution in [0.4, 0.5) is 11.4 Å². The molecule has 0 spiro atoms. The molecular formula is C20H25N3O3. The SMILES string of the molecule is COc1ccc(NC(=O)c2ccc(NC3CCCCC3)cn2)cc1OC. The van der Waals surface area contributed by atoms with Crippen molar-refractivity contribution in [3.05, 3.63) is 42.2 Å². The lowest BCUT2D eigenvalue weighted by Crippen LogP contribution is -2.22. The van der Waals surface area contributed by atoms with Crippen molar-refractivity contribution < 1.29 is 14.3 Å². The summed E-state index contributed by atoms with van der Waals surface area (Å²) in [6.45, 7) is 0. The van der Waals surface area contributed by atoms with E-state index in [0.29, 0.717) is 28.9 Å². The molecule has 0 radical (unpaired) electrons. The molecule has 138 valence electrons. The summed E-state index contributed by atoms with van der Waals surface area (Å²) in [7, 11) is 3.13. The lowest BCUT2D eigenvalue weighted by molar-refractivity contribution is 0.102. The van der Waals surface area contributed by atoms with Gasteiger partial charge < -0.3 is 20.1 Å². The van der Waals surface area contributed by atoms with Gasteiger partial charge in [0.1, 0.15) is 5.69 Å². The first-order valence-electron chi connectivity index (χ1n) is 8.95. The fourth-order valence-electron chi connectivity index (χ4n) is 3.21. The smallest absolute Gasteiger partial charge is 0.274 e. The van der Waals surface area contributed by atoms with Crippen molar-refractivity contribution >= 4 is 17.3 Å². The lowest BCUT2D eigenvalue weighted by atomic mass is 9.95. The number of nitrogens with one attached hydrogen (secondary N) is 2. The molecule has 1 amide bonds. The number of nitrogens with zero attached hydrogens (tertiary/aromatic N) is 1. The van der Waals surface area contributed by atoms with Gasteiger partial charge in [-0.3, -0.25) is 4.79 Å². The third-order valence-corrected chi connectivity index (χ3v) is 4.61. The molecule has 1 fully saturated rings. The second-order valence-electron chi connectivity index (χ2n) is 6.44. The van der Waals surface area contributed by atoms with E-state index in [1.165, 1.54) is 32.1 Å². The van der Waals surface area contributed by atoms with E-state index in [0.717, 1.165) is 5.69 Å². The van der Waals surface area contributed by atoms with Crippen molar-refractivity contribution in [3.63, 3.8) is 0 Å². The summed E-state index contributed by atoms with van der Waals surface area (Å²) in [5.74, 6) is 0.911. The summed E-state index contributed by atoms with van der Waals surface area (Å²) in [5.41, 5.74) is 1.95. The van der Waals surface area contributed by atoms with Gasteiger partial charge in [-0.25, -0.2) is 4.98 Å². The van der Waals surface area contributed by atoms with E-state index in [2.05, 4.69) is 15.6 Å². The number of carbonyl (C=O) groups is 1. The van der Waals surface area contributed by atoms with E-state index in [-0.39, 0.29) is 5.91 Å². The van der Waals surface area contributed by atoms with Crippen molar-refractivity contribution in [1.82, 2.24) is 4.98 Å². The van der Waals surface area contributed by atoms with E-state index in [9.17, 15) is 4.79 Å². The molecule has 1 aliphatic rings. The molecule has 6 nitrogen and oxygen atoms in total. The highest BCUT2D eigenvalue weighted by atomic mass is 16.5. The van der Waals surface area contributed by atoms with E-state index >= 15 is 0 Å². The molecule has 0 unspecified atom stereocenters. The largest absolute Gasteiger partial charge is 0.493 e. The van der Waals surface area contributed by atoms with Crippen LogP contribution >= 0.6 is 0 Å². The average Bonchev–Trinajstić information content (AvgIpc) is 2.69. The summed E-state index contributed by atoms with van der Waals surface area (Å²) >= 11 is 0. The Morgan fingerprint density at radius 1 is 1.00 bits per heavy atom. The van der Waals surface area contributed by atoms with Crippen LogP contribution in [0.5, 0.6) is 11.5 Å². The standard InChI is InChI=1S/C20H25N3O3/c1-25-18-11-9-15(12-19(18)26-2)23-20(24)17-10-8-16(13-21-17)22-14-6-4-3-5-7-14/h8-14,22H,3-7H2,1-2H3,(H,23,24). The molecule has 3 rings (SSSR count). The number of aromatic nitrogens is 1. The second kappa shape index (κ2) is 8.56.